The number of rotatable bonds is 2. The SMILES string of the molecule is O=C1CCCc2c1c(-c1ccccc1)nn2-c1nc2ccccc2[nH]1. The number of aromatic nitrogens is 4. The van der Waals surface area contributed by atoms with Crippen LogP contribution < -0.4 is 0 Å². The van der Waals surface area contributed by atoms with E-state index in [0.29, 0.717) is 12.4 Å². The predicted molar refractivity (Wildman–Crippen MR) is 95.9 cm³/mol. The number of nitrogens with one attached hydrogen (secondary N) is 1. The van der Waals surface area contributed by atoms with Crippen molar-refractivity contribution in [2.24, 2.45) is 0 Å². The number of hydrogen-bond donors (Lipinski definition) is 1. The van der Waals surface area contributed by atoms with Crippen LogP contribution in [0.1, 0.15) is 28.9 Å². The van der Waals surface area contributed by atoms with Gasteiger partial charge in [-0.25, -0.2) is 9.67 Å². The zero-order chi connectivity index (χ0) is 16.8. The van der Waals surface area contributed by atoms with Crippen LogP contribution in [0.2, 0.25) is 0 Å². The van der Waals surface area contributed by atoms with Crippen LogP contribution in [0.25, 0.3) is 28.2 Å². The fourth-order valence-corrected chi connectivity index (χ4v) is 3.53. The molecule has 25 heavy (non-hydrogen) atoms. The van der Waals surface area contributed by atoms with Crippen LogP contribution in [0.4, 0.5) is 0 Å². The molecule has 0 unspecified atom stereocenters. The van der Waals surface area contributed by atoms with Crippen LogP contribution in [-0.2, 0) is 6.42 Å². The van der Waals surface area contributed by atoms with Crippen molar-refractivity contribution in [3.05, 3.63) is 65.9 Å². The first-order valence-corrected chi connectivity index (χ1v) is 8.47. The highest BCUT2D eigenvalue weighted by Crippen LogP contribution is 2.32. The summed E-state index contributed by atoms with van der Waals surface area (Å²) in [4.78, 5) is 20.6. The number of hydrogen-bond acceptors (Lipinski definition) is 3. The quantitative estimate of drug-likeness (QED) is 0.606. The lowest BCUT2D eigenvalue weighted by Crippen LogP contribution is -2.13. The van der Waals surface area contributed by atoms with Crippen molar-refractivity contribution in [2.45, 2.75) is 19.3 Å². The molecule has 2 aromatic carbocycles. The second kappa shape index (κ2) is 5.41. The monoisotopic (exact) mass is 328 g/mol. The van der Waals surface area contributed by atoms with E-state index in [-0.39, 0.29) is 5.78 Å². The number of fused-ring (bicyclic) bond motifs is 2. The highest BCUT2D eigenvalue weighted by atomic mass is 16.1. The Morgan fingerprint density at radius 3 is 2.60 bits per heavy atom. The third-order valence-corrected chi connectivity index (χ3v) is 4.70. The smallest absolute Gasteiger partial charge is 0.229 e. The number of aromatic amines is 1. The molecule has 4 aromatic rings. The molecule has 5 rings (SSSR count). The summed E-state index contributed by atoms with van der Waals surface area (Å²) in [6.07, 6.45) is 2.27. The van der Waals surface area contributed by atoms with Crippen molar-refractivity contribution in [2.75, 3.05) is 0 Å². The van der Waals surface area contributed by atoms with Crippen LogP contribution in [0.3, 0.4) is 0 Å². The molecular weight excluding hydrogens is 312 g/mol. The van der Waals surface area contributed by atoms with Crippen molar-refractivity contribution in [3.8, 4) is 17.2 Å². The van der Waals surface area contributed by atoms with Gasteiger partial charge in [0.25, 0.3) is 0 Å². The van der Waals surface area contributed by atoms with Gasteiger partial charge in [0.05, 0.1) is 22.3 Å². The Balaban J connectivity index is 1.76. The van der Waals surface area contributed by atoms with Crippen molar-refractivity contribution in [1.29, 1.82) is 0 Å². The largest absolute Gasteiger partial charge is 0.322 e. The van der Waals surface area contributed by atoms with Crippen molar-refractivity contribution in [3.63, 3.8) is 0 Å². The van der Waals surface area contributed by atoms with Gasteiger partial charge in [-0.1, -0.05) is 42.5 Å². The van der Waals surface area contributed by atoms with E-state index in [1.807, 2.05) is 59.3 Å². The molecule has 5 heteroatoms. The molecule has 0 atom stereocenters. The molecule has 122 valence electrons. The highest BCUT2D eigenvalue weighted by Gasteiger charge is 2.29. The van der Waals surface area contributed by atoms with E-state index < -0.39 is 0 Å². The lowest BCUT2D eigenvalue weighted by atomic mass is 9.92. The molecule has 2 aromatic heterocycles. The van der Waals surface area contributed by atoms with Gasteiger partial charge in [-0.3, -0.25) is 4.79 Å². The Morgan fingerprint density at radius 1 is 0.960 bits per heavy atom. The molecule has 0 radical (unpaired) electrons. The third-order valence-electron chi connectivity index (χ3n) is 4.70. The van der Waals surface area contributed by atoms with Crippen molar-refractivity contribution >= 4 is 16.8 Å². The average Bonchev–Trinajstić information content (AvgIpc) is 3.24. The number of ketones is 1. The van der Waals surface area contributed by atoms with Crippen LogP contribution in [0.15, 0.2) is 54.6 Å². The second-order valence-corrected chi connectivity index (χ2v) is 6.30. The summed E-state index contributed by atoms with van der Waals surface area (Å²) >= 11 is 0. The van der Waals surface area contributed by atoms with Gasteiger partial charge in [-0.15, -0.1) is 0 Å². The number of imidazole rings is 1. The van der Waals surface area contributed by atoms with Crippen LogP contribution in [0, 0.1) is 0 Å². The Bertz CT molecular complexity index is 1060. The van der Waals surface area contributed by atoms with Gasteiger partial charge in [0, 0.05) is 12.0 Å². The Morgan fingerprint density at radius 2 is 1.76 bits per heavy atom. The molecule has 5 nitrogen and oxygen atoms in total. The number of carbonyl (C=O) groups excluding carboxylic acids is 1. The Labute approximate surface area is 144 Å². The minimum atomic E-state index is 0.169. The average molecular weight is 328 g/mol. The Kier molecular flexibility index (Phi) is 3.06. The fraction of sp³-hybridized carbons (Fsp3) is 0.150. The summed E-state index contributed by atoms with van der Waals surface area (Å²) in [6, 6.07) is 17.8. The molecule has 1 aliphatic carbocycles. The van der Waals surface area contributed by atoms with E-state index in [2.05, 4.69) is 9.97 Å². The maximum atomic E-state index is 12.6. The first-order valence-electron chi connectivity index (χ1n) is 8.47. The third kappa shape index (κ3) is 2.20. The predicted octanol–water partition coefficient (Wildman–Crippen LogP) is 3.93. The van der Waals surface area contributed by atoms with Gasteiger partial charge in [0.1, 0.15) is 5.69 Å². The molecule has 0 aliphatic heterocycles. The fourth-order valence-electron chi connectivity index (χ4n) is 3.53. The number of Topliss-reactive ketones (excluding diaryl/α,β-unsaturated/α-hetero) is 1. The lowest BCUT2D eigenvalue weighted by molar-refractivity contribution is 0.0973. The Hall–Kier alpha value is -3.21. The molecule has 0 amide bonds. The van der Waals surface area contributed by atoms with Gasteiger partial charge in [-0.05, 0) is 25.0 Å². The minimum Gasteiger partial charge on any atom is -0.322 e. The van der Waals surface area contributed by atoms with Gasteiger partial charge >= 0.3 is 0 Å². The standard InChI is InChI=1S/C20H16N4O/c25-17-12-6-11-16-18(17)19(13-7-2-1-3-8-13)23-24(16)20-21-14-9-4-5-10-15(14)22-20/h1-5,7-10H,6,11-12H2,(H,21,22). The summed E-state index contributed by atoms with van der Waals surface area (Å²) in [6.45, 7) is 0. The molecule has 0 bridgehead atoms. The molecule has 2 heterocycles. The zero-order valence-electron chi connectivity index (χ0n) is 13.6. The second-order valence-electron chi connectivity index (χ2n) is 6.30. The van der Waals surface area contributed by atoms with E-state index >= 15 is 0 Å². The summed E-state index contributed by atoms with van der Waals surface area (Å²) in [5, 5.41) is 4.78. The molecule has 0 saturated heterocycles. The normalized spacial score (nSPS) is 14.0. The van der Waals surface area contributed by atoms with Crippen LogP contribution in [-0.4, -0.2) is 25.5 Å². The van der Waals surface area contributed by atoms with E-state index in [0.717, 1.165) is 46.4 Å². The van der Waals surface area contributed by atoms with Gasteiger partial charge < -0.3 is 4.98 Å². The van der Waals surface area contributed by atoms with E-state index in [4.69, 9.17) is 5.10 Å². The van der Waals surface area contributed by atoms with Crippen molar-refractivity contribution in [1.82, 2.24) is 19.7 Å². The van der Waals surface area contributed by atoms with E-state index in [1.165, 1.54) is 0 Å². The number of carbonyl (C=O) groups is 1. The van der Waals surface area contributed by atoms with Gasteiger partial charge in [-0.2, -0.15) is 5.10 Å². The minimum absolute atomic E-state index is 0.169. The maximum Gasteiger partial charge on any atom is 0.229 e. The molecular formula is C20H16N4O. The summed E-state index contributed by atoms with van der Waals surface area (Å²) in [5.74, 6) is 0.830. The van der Waals surface area contributed by atoms with E-state index in [1.54, 1.807) is 0 Å². The summed E-state index contributed by atoms with van der Waals surface area (Å²) < 4.78 is 1.81. The molecule has 0 spiro atoms. The first-order chi connectivity index (χ1) is 12.3. The molecule has 1 aliphatic rings. The topological polar surface area (TPSA) is 63.6 Å². The summed E-state index contributed by atoms with van der Waals surface area (Å²) in [5.41, 5.74) is 5.27. The van der Waals surface area contributed by atoms with Gasteiger partial charge in [0.2, 0.25) is 5.95 Å². The molecule has 0 fully saturated rings. The number of para-hydroxylation sites is 2. The van der Waals surface area contributed by atoms with Crippen LogP contribution in [0.5, 0.6) is 0 Å². The highest BCUT2D eigenvalue weighted by molar-refractivity contribution is 6.03. The summed E-state index contributed by atoms with van der Waals surface area (Å²) in [7, 11) is 0. The first kappa shape index (κ1) is 14.2. The van der Waals surface area contributed by atoms with Gasteiger partial charge in [0.15, 0.2) is 5.78 Å². The van der Waals surface area contributed by atoms with E-state index in [9.17, 15) is 4.79 Å². The zero-order valence-corrected chi connectivity index (χ0v) is 13.6. The lowest BCUT2D eigenvalue weighted by Gasteiger charge is -2.12. The van der Waals surface area contributed by atoms with Crippen LogP contribution >= 0.6 is 0 Å². The number of nitrogens with zero attached hydrogens (tertiary/aromatic N) is 3. The number of H-pyrrole nitrogens is 1. The molecule has 0 saturated carbocycles. The molecule has 1 N–H and O–H groups in total. The maximum absolute atomic E-state index is 12.6. The number of benzene rings is 2. The van der Waals surface area contributed by atoms with Crippen molar-refractivity contribution < 1.29 is 4.79 Å².